The number of nitrogens with zero attached hydrogens (tertiary/aromatic N) is 1. The van der Waals surface area contributed by atoms with Gasteiger partial charge in [0, 0.05) is 12.1 Å². The van der Waals surface area contributed by atoms with Gasteiger partial charge in [0.15, 0.2) is 0 Å². The average Bonchev–Trinajstić information content (AvgIpc) is 2.62. The molecule has 0 aliphatic heterocycles. The van der Waals surface area contributed by atoms with Crippen molar-refractivity contribution in [1.29, 1.82) is 0 Å². The van der Waals surface area contributed by atoms with Gasteiger partial charge in [-0.1, -0.05) is 20.8 Å². The molecular formula is C13H18N2S. The maximum absolute atomic E-state index is 4.69. The summed E-state index contributed by atoms with van der Waals surface area (Å²) in [7, 11) is 0. The highest BCUT2D eigenvalue weighted by Crippen LogP contribution is 2.32. The fourth-order valence-electron chi connectivity index (χ4n) is 1.77. The minimum atomic E-state index is 0.128. The van der Waals surface area contributed by atoms with Gasteiger partial charge in [0.05, 0.1) is 10.2 Å². The Morgan fingerprint density at radius 2 is 2.12 bits per heavy atom. The van der Waals surface area contributed by atoms with Crippen LogP contribution in [0.15, 0.2) is 17.5 Å². The van der Waals surface area contributed by atoms with Crippen LogP contribution in [0.4, 0.5) is 5.82 Å². The quantitative estimate of drug-likeness (QED) is 0.848. The zero-order valence-electron chi connectivity index (χ0n) is 10.3. The summed E-state index contributed by atoms with van der Waals surface area (Å²) in [4.78, 5) is 4.69. The van der Waals surface area contributed by atoms with Crippen LogP contribution in [0, 0.1) is 0 Å². The molecule has 0 saturated heterocycles. The molecular weight excluding hydrogens is 216 g/mol. The van der Waals surface area contributed by atoms with Gasteiger partial charge in [-0.25, -0.2) is 4.98 Å². The van der Waals surface area contributed by atoms with Gasteiger partial charge in [-0.2, -0.15) is 0 Å². The zero-order chi connectivity index (χ0) is 11.8. The standard InChI is InChI=1S/C13H18N2S/c1-5-14-12-9(13(2,3)4)8-11-10(15-12)6-7-16-11/h6-8H,5H2,1-4H3,(H,14,15). The summed E-state index contributed by atoms with van der Waals surface area (Å²) in [5.74, 6) is 1.03. The van der Waals surface area contributed by atoms with Crippen molar-refractivity contribution in [3.05, 3.63) is 23.1 Å². The molecule has 3 heteroatoms. The molecule has 0 aliphatic rings. The average molecular weight is 234 g/mol. The maximum atomic E-state index is 4.69. The van der Waals surface area contributed by atoms with Gasteiger partial charge in [-0.05, 0) is 29.9 Å². The second-order valence-electron chi connectivity index (χ2n) is 4.97. The van der Waals surface area contributed by atoms with E-state index in [-0.39, 0.29) is 5.41 Å². The number of aromatic nitrogens is 1. The highest BCUT2D eigenvalue weighted by atomic mass is 32.1. The van der Waals surface area contributed by atoms with Crippen LogP contribution in [0.3, 0.4) is 0 Å². The first-order valence-corrected chi connectivity index (χ1v) is 6.53. The Morgan fingerprint density at radius 1 is 1.38 bits per heavy atom. The topological polar surface area (TPSA) is 24.9 Å². The van der Waals surface area contributed by atoms with E-state index < -0.39 is 0 Å². The molecule has 16 heavy (non-hydrogen) atoms. The molecule has 2 aromatic heterocycles. The maximum Gasteiger partial charge on any atom is 0.130 e. The first-order valence-electron chi connectivity index (χ1n) is 5.65. The number of pyridine rings is 1. The summed E-state index contributed by atoms with van der Waals surface area (Å²) >= 11 is 1.75. The summed E-state index contributed by atoms with van der Waals surface area (Å²) in [5, 5.41) is 5.46. The molecule has 0 spiro atoms. The fraction of sp³-hybridized carbons (Fsp3) is 0.462. The number of thiophene rings is 1. The summed E-state index contributed by atoms with van der Waals surface area (Å²) in [6, 6.07) is 4.35. The van der Waals surface area contributed by atoms with Crippen LogP contribution in [0.2, 0.25) is 0 Å². The highest BCUT2D eigenvalue weighted by Gasteiger charge is 2.19. The van der Waals surface area contributed by atoms with Crippen molar-refractivity contribution in [2.24, 2.45) is 0 Å². The molecule has 86 valence electrons. The molecule has 0 radical (unpaired) electrons. The fourth-order valence-corrected chi connectivity index (χ4v) is 2.53. The summed E-state index contributed by atoms with van der Waals surface area (Å²) in [6.45, 7) is 9.69. The van der Waals surface area contributed by atoms with Crippen LogP contribution in [0.25, 0.3) is 10.2 Å². The third kappa shape index (κ3) is 2.05. The van der Waals surface area contributed by atoms with Gasteiger partial charge in [-0.15, -0.1) is 11.3 Å². The Kier molecular flexibility index (Phi) is 2.89. The van der Waals surface area contributed by atoms with Gasteiger partial charge in [-0.3, -0.25) is 0 Å². The monoisotopic (exact) mass is 234 g/mol. The first-order chi connectivity index (χ1) is 7.52. The van der Waals surface area contributed by atoms with Gasteiger partial charge < -0.3 is 5.32 Å². The van der Waals surface area contributed by atoms with E-state index in [2.05, 4.69) is 50.5 Å². The second kappa shape index (κ2) is 4.06. The molecule has 2 heterocycles. The molecule has 0 atom stereocenters. The highest BCUT2D eigenvalue weighted by molar-refractivity contribution is 7.17. The lowest BCUT2D eigenvalue weighted by molar-refractivity contribution is 0.590. The summed E-state index contributed by atoms with van der Waals surface area (Å²) in [6.07, 6.45) is 0. The molecule has 0 aliphatic carbocycles. The minimum absolute atomic E-state index is 0.128. The Morgan fingerprint density at radius 3 is 2.75 bits per heavy atom. The van der Waals surface area contributed by atoms with E-state index in [1.54, 1.807) is 11.3 Å². The lowest BCUT2D eigenvalue weighted by Crippen LogP contribution is -2.16. The molecule has 0 saturated carbocycles. The van der Waals surface area contributed by atoms with Crippen molar-refractivity contribution in [2.45, 2.75) is 33.1 Å². The predicted octanol–water partition coefficient (Wildman–Crippen LogP) is 4.03. The lowest BCUT2D eigenvalue weighted by Gasteiger charge is -2.22. The van der Waals surface area contributed by atoms with Gasteiger partial charge in [0.2, 0.25) is 0 Å². The number of rotatable bonds is 2. The van der Waals surface area contributed by atoms with Gasteiger partial charge in [0.25, 0.3) is 0 Å². The van der Waals surface area contributed by atoms with Gasteiger partial charge in [0.1, 0.15) is 5.82 Å². The molecule has 0 amide bonds. The van der Waals surface area contributed by atoms with Crippen molar-refractivity contribution in [3.63, 3.8) is 0 Å². The van der Waals surface area contributed by atoms with Crippen LogP contribution in [0.5, 0.6) is 0 Å². The molecule has 0 aromatic carbocycles. The summed E-state index contributed by atoms with van der Waals surface area (Å²) in [5.41, 5.74) is 2.51. The number of nitrogens with one attached hydrogen (secondary N) is 1. The Bertz CT molecular complexity index is 494. The van der Waals surface area contributed by atoms with Crippen molar-refractivity contribution in [3.8, 4) is 0 Å². The van der Waals surface area contributed by atoms with E-state index in [4.69, 9.17) is 4.98 Å². The molecule has 0 unspecified atom stereocenters. The van der Waals surface area contributed by atoms with E-state index in [1.807, 2.05) is 0 Å². The third-order valence-electron chi connectivity index (χ3n) is 2.59. The number of fused-ring (bicyclic) bond motifs is 1. The normalized spacial score (nSPS) is 12.0. The zero-order valence-corrected chi connectivity index (χ0v) is 11.1. The van der Waals surface area contributed by atoms with Crippen LogP contribution in [-0.4, -0.2) is 11.5 Å². The van der Waals surface area contributed by atoms with E-state index in [1.165, 1.54) is 10.3 Å². The van der Waals surface area contributed by atoms with E-state index in [0.29, 0.717) is 0 Å². The minimum Gasteiger partial charge on any atom is -0.370 e. The molecule has 0 bridgehead atoms. The van der Waals surface area contributed by atoms with E-state index >= 15 is 0 Å². The van der Waals surface area contributed by atoms with E-state index in [9.17, 15) is 0 Å². The molecule has 2 rings (SSSR count). The van der Waals surface area contributed by atoms with Crippen molar-refractivity contribution >= 4 is 27.4 Å². The van der Waals surface area contributed by atoms with Crippen molar-refractivity contribution < 1.29 is 0 Å². The Balaban J connectivity index is 2.62. The van der Waals surface area contributed by atoms with Crippen molar-refractivity contribution in [2.75, 3.05) is 11.9 Å². The van der Waals surface area contributed by atoms with Crippen LogP contribution in [0.1, 0.15) is 33.3 Å². The number of hydrogen-bond acceptors (Lipinski definition) is 3. The van der Waals surface area contributed by atoms with Crippen molar-refractivity contribution in [1.82, 2.24) is 4.98 Å². The SMILES string of the molecule is CCNc1nc2ccsc2cc1C(C)(C)C. The van der Waals surface area contributed by atoms with E-state index in [0.717, 1.165) is 17.9 Å². The van der Waals surface area contributed by atoms with Gasteiger partial charge >= 0.3 is 0 Å². The lowest BCUT2D eigenvalue weighted by atomic mass is 9.87. The van der Waals surface area contributed by atoms with Crippen LogP contribution in [-0.2, 0) is 5.41 Å². The smallest absolute Gasteiger partial charge is 0.130 e. The Labute approximate surface area is 101 Å². The Hall–Kier alpha value is -1.09. The van der Waals surface area contributed by atoms with Crippen LogP contribution >= 0.6 is 11.3 Å². The summed E-state index contributed by atoms with van der Waals surface area (Å²) < 4.78 is 1.27. The largest absolute Gasteiger partial charge is 0.370 e. The number of hydrogen-bond donors (Lipinski definition) is 1. The molecule has 1 N–H and O–H groups in total. The molecule has 2 aromatic rings. The first kappa shape index (κ1) is 11.4. The predicted molar refractivity (Wildman–Crippen MR) is 72.5 cm³/mol. The molecule has 2 nitrogen and oxygen atoms in total. The second-order valence-corrected chi connectivity index (χ2v) is 5.92. The van der Waals surface area contributed by atoms with Crippen LogP contribution < -0.4 is 5.32 Å². The number of anilines is 1. The molecule has 0 fully saturated rings. The third-order valence-corrected chi connectivity index (χ3v) is 3.44.